The highest BCUT2D eigenvalue weighted by molar-refractivity contribution is 5.79. The van der Waals surface area contributed by atoms with E-state index in [1.807, 2.05) is 6.07 Å². The number of phenolic OH excluding ortho intramolecular Hbond substituents is 2. The average molecular weight is 273 g/mol. The molecular formula is C12H11N5O3. The van der Waals surface area contributed by atoms with Crippen LogP contribution < -0.4 is 16.2 Å². The number of nitrogens with two attached hydrogens (primary N) is 2. The molecule has 0 fully saturated rings. The fraction of sp³-hybridized carbons (Fsp3) is 0.0833. The van der Waals surface area contributed by atoms with E-state index < -0.39 is 0 Å². The molecule has 0 spiro atoms. The number of nitriles is 1. The average Bonchev–Trinajstić information content (AvgIpc) is 2.38. The lowest BCUT2D eigenvalue weighted by atomic mass is 10.0. The highest BCUT2D eigenvalue weighted by atomic mass is 16.5. The molecule has 2 aromatic rings. The van der Waals surface area contributed by atoms with E-state index in [2.05, 4.69) is 9.97 Å². The molecule has 6 N–H and O–H groups in total. The number of hydrogen-bond donors (Lipinski definition) is 4. The SMILES string of the molecule is COc1cc(-c2nc(N)nc(N)c2C#N)c(O)cc1O. The molecule has 1 aromatic carbocycles. The second kappa shape index (κ2) is 4.81. The van der Waals surface area contributed by atoms with Crippen molar-refractivity contribution in [2.24, 2.45) is 0 Å². The van der Waals surface area contributed by atoms with Crippen molar-refractivity contribution in [1.82, 2.24) is 9.97 Å². The summed E-state index contributed by atoms with van der Waals surface area (Å²) >= 11 is 0. The highest BCUT2D eigenvalue weighted by Gasteiger charge is 2.18. The Kier molecular flexibility index (Phi) is 3.18. The third-order valence-electron chi connectivity index (χ3n) is 2.62. The van der Waals surface area contributed by atoms with Gasteiger partial charge in [0.2, 0.25) is 5.95 Å². The van der Waals surface area contributed by atoms with Crippen molar-refractivity contribution < 1.29 is 14.9 Å². The summed E-state index contributed by atoms with van der Waals surface area (Å²) in [5, 5.41) is 28.6. The molecule has 0 saturated heterocycles. The second-order valence-corrected chi connectivity index (χ2v) is 3.84. The van der Waals surface area contributed by atoms with E-state index in [1.54, 1.807) is 0 Å². The maximum Gasteiger partial charge on any atom is 0.222 e. The fourth-order valence-corrected chi connectivity index (χ4v) is 1.71. The number of nitrogen functional groups attached to an aromatic ring is 2. The van der Waals surface area contributed by atoms with Gasteiger partial charge in [0.25, 0.3) is 0 Å². The number of anilines is 2. The molecule has 8 nitrogen and oxygen atoms in total. The van der Waals surface area contributed by atoms with Gasteiger partial charge < -0.3 is 26.4 Å². The maximum absolute atomic E-state index is 9.90. The highest BCUT2D eigenvalue weighted by Crippen LogP contribution is 2.39. The van der Waals surface area contributed by atoms with Gasteiger partial charge in [-0.05, 0) is 6.07 Å². The lowest BCUT2D eigenvalue weighted by Crippen LogP contribution is -2.05. The van der Waals surface area contributed by atoms with Gasteiger partial charge in [0.1, 0.15) is 23.2 Å². The molecular weight excluding hydrogens is 262 g/mol. The summed E-state index contributed by atoms with van der Waals surface area (Å²) < 4.78 is 4.95. The van der Waals surface area contributed by atoms with E-state index in [-0.39, 0.29) is 45.8 Å². The number of phenols is 2. The lowest BCUT2D eigenvalue weighted by Gasteiger charge is -2.11. The van der Waals surface area contributed by atoms with E-state index in [4.69, 9.17) is 21.5 Å². The van der Waals surface area contributed by atoms with Gasteiger partial charge in [-0.1, -0.05) is 0 Å². The monoisotopic (exact) mass is 273 g/mol. The second-order valence-electron chi connectivity index (χ2n) is 3.84. The van der Waals surface area contributed by atoms with Gasteiger partial charge in [0.15, 0.2) is 11.5 Å². The predicted molar refractivity (Wildman–Crippen MR) is 70.9 cm³/mol. The Labute approximate surface area is 113 Å². The molecule has 0 unspecified atom stereocenters. The summed E-state index contributed by atoms with van der Waals surface area (Å²) in [6, 6.07) is 4.25. The molecule has 0 aliphatic heterocycles. The standard InChI is InChI=1S/C12H11N5O3/c1-20-9-2-5(7(18)3-8(9)19)10-6(4-13)11(14)17-12(15)16-10/h2-3,18-19H,1H3,(H4,14,15,16,17). The molecule has 0 radical (unpaired) electrons. The van der Waals surface area contributed by atoms with Crippen molar-refractivity contribution in [3.63, 3.8) is 0 Å². The van der Waals surface area contributed by atoms with Crippen molar-refractivity contribution in [1.29, 1.82) is 5.26 Å². The fourth-order valence-electron chi connectivity index (χ4n) is 1.71. The molecule has 0 atom stereocenters. The van der Waals surface area contributed by atoms with Crippen LogP contribution in [0.5, 0.6) is 17.2 Å². The minimum Gasteiger partial charge on any atom is -0.507 e. The molecule has 8 heteroatoms. The molecule has 20 heavy (non-hydrogen) atoms. The zero-order valence-corrected chi connectivity index (χ0v) is 10.5. The van der Waals surface area contributed by atoms with Crippen molar-refractivity contribution in [3.05, 3.63) is 17.7 Å². The molecule has 1 aromatic heterocycles. The van der Waals surface area contributed by atoms with Gasteiger partial charge in [0.05, 0.1) is 12.8 Å². The van der Waals surface area contributed by atoms with Crippen LogP contribution in [0, 0.1) is 11.3 Å². The van der Waals surface area contributed by atoms with Crippen LogP contribution in [0.3, 0.4) is 0 Å². The first-order valence-corrected chi connectivity index (χ1v) is 5.41. The number of methoxy groups -OCH3 is 1. The predicted octanol–water partition coefficient (Wildman–Crippen LogP) is 0.599. The third-order valence-corrected chi connectivity index (χ3v) is 2.62. The van der Waals surface area contributed by atoms with E-state index >= 15 is 0 Å². The van der Waals surface area contributed by atoms with Gasteiger partial charge >= 0.3 is 0 Å². The number of nitrogens with zero attached hydrogens (tertiary/aromatic N) is 3. The summed E-state index contributed by atoms with van der Waals surface area (Å²) in [6.45, 7) is 0. The third kappa shape index (κ3) is 2.08. The van der Waals surface area contributed by atoms with Crippen LogP contribution in [0.4, 0.5) is 11.8 Å². The van der Waals surface area contributed by atoms with Crippen LogP contribution in [-0.4, -0.2) is 27.3 Å². The number of ether oxygens (including phenoxy) is 1. The molecule has 102 valence electrons. The van der Waals surface area contributed by atoms with Crippen LogP contribution in [-0.2, 0) is 0 Å². The zero-order chi connectivity index (χ0) is 14.9. The Bertz CT molecular complexity index is 724. The molecule has 2 rings (SSSR count). The normalized spacial score (nSPS) is 10.0. The van der Waals surface area contributed by atoms with Gasteiger partial charge in [-0.3, -0.25) is 0 Å². The van der Waals surface area contributed by atoms with Gasteiger partial charge in [-0.25, -0.2) is 4.98 Å². The maximum atomic E-state index is 9.90. The number of aromatic hydroxyl groups is 2. The van der Waals surface area contributed by atoms with Crippen LogP contribution in [0.25, 0.3) is 11.3 Å². The van der Waals surface area contributed by atoms with Gasteiger partial charge in [-0.15, -0.1) is 0 Å². The van der Waals surface area contributed by atoms with Crippen LogP contribution >= 0.6 is 0 Å². The topological polar surface area (TPSA) is 151 Å². The Morgan fingerprint density at radius 2 is 1.90 bits per heavy atom. The van der Waals surface area contributed by atoms with Gasteiger partial charge in [0, 0.05) is 11.6 Å². The van der Waals surface area contributed by atoms with Crippen molar-refractivity contribution in [3.8, 4) is 34.6 Å². The first-order chi connectivity index (χ1) is 9.47. The Hall–Kier alpha value is -3.21. The quantitative estimate of drug-likeness (QED) is 0.620. The molecule has 0 saturated carbocycles. The van der Waals surface area contributed by atoms with E-state index in [9.17, 15) is 10.2 Å². The minimum absolute atomic E-state index is 0.0257. The number of aromatic nitrogens is 2. The Morgan fingerprint density at radius 1 is 1.20 bits per heavy atom. The summed E-state index contributed by atoms with van der Waals surface area (Å²) in [5.41, 5.74) is 11.3. The van der Waals surface area contributed by atoms with Crippen molar-refractivity contribution in [2.75, 3.05) is 18.6 Å². The van der Waals surface area contributed by atoms with Crippen molar-refractivity contribution in [2.45, 2.75) is 0 Å². The molecule has 1 heterocycles. The molecule has 0 aliphatic carbocycles. The number of rotatable bonds is 2. The van der Waals surface area contributed by atoms with E-state index in [0.29, 0.717) is 0 Å². The number of hydrogen-bond acceptors (Lipinski definition) is 8. The minimum atomic E-state index is -0.294. The largest absolute Gasteiger partial charge is 0.507 e. The van der Waals surface area contributed by atoms with Gasteiger partial charge in [-0.2, -0.15) is 10.2 Å². The first kappa shape index (κ1) is 13.2. The lowest BCUT2D eigenvalue weighted by molar-refractivity contribution is 0.370. The summed E-state index contributed by atoms with van der Waals surface area (Å²) in [7, 11) is 1.35. The zero-order valence-electron chi connectivity index (χ0n) is 10.5. The summed E-state index contributed by atoms with van der Waals surface area (Å²) in [4.78, 5) is 7.59. The van der Waals surface area contributed by atoms with Crippen LogP contribution in [0.15, 0.2) is 12.1 Å². The molecule has 0 aliphatic rings. The summed E-state index contributed by atoms with van der Waals surface area (Å²) in [5.74, 6) is -0.665. The van der Waals surface area contributed by atoms with Crippen LogP contribution in [0.1, 0.15) is 5.56 Å². The smallest absolute Gasteiger partial charge is 0.222 e. The van der Waals surface area contributed by atoms with E-state index in [0.717, 1.165) is 6.07 Å². The Balaban J connectivity index is 2.78. The number of benzene rings is 1. The molecule has 0 bridgehead atoms. The molecule has 0 amide bonds. The first-order valence-electron chi connectivity index (χ1n) is 5.41. The summed E-state index contributed by atoms with van der Waals surface area (Å²) in [6.07, 6.45) is 0. The van der Waals surface area contributed by atoms with E-state index in [1.165, 1.54) is 13.2 Å². The Morgan fingerprint density at radius 3 is 2.50 bits per heavy atom. The van der Waals surface area contributed by atoms with Crippen LogP contribution in [0.2, 0.25) is 0 Å². The van der Waals surface area contributed by atoms with Crippen molar-refractivity contribution >= 4 is 11.8 Å².